The maximum absolute atomic E-state index is 10.0. The number of rotatable bonds is 3. The Morgan fingerprint density at radius 3 is 2.40 bits per heavy atom. The van der Waals surface area contributed by atoms with Crippen LogP contribution in [0.25, 0.3) is 0 Å². The molecule has 2 heteroatoms. The summed E-state index contributed by atoms with van der Waals surface area (Å²) in [5.41, 5.74) is 2.28. The second-order valence-electron chi connectivity index (χ2n) is 4.43. The number of hydrogen-bond donors (Lipinski definition) is 1. The third-order valence-electron chi connectivity index (χ3n) is 3.09. The number of hydrogen-bond acceptors (Lipinski definition) is 2. The summed E-state index contributed by atoms with van der Waals surface area (Å²) < 4.78 is 0. The predicted molar refractivity (Wildman–Crippen MR) is 61.8 cm³/mol. The van der Waals surface area contributed by atoms with E-state index in [1.54, 1.807) is 0 Å². The molecule has 0 amide bonds. The second-order valence-corrected chi connectivity index (χ2v) is 4.43. The molecule has 0 bridgehead atoms. The quantitative estimate of drug-likeness (QED) is 0.817. The van der Waals surface area contributed by atoms with E-state index in [0.29, 0.717) is 0 Å². The fourth-order valence-electron chi connectivity index (χ4n) is 2.10. The topological polar surface area (TPSA) is 23.5 Å². The van der Waals surface area contributed by atoms with Gasteiger partial charge in [-0.1, -0.05) is 29.8 Å². The van der Waals surface area contributed by atoms with E-state index in [2.05, 4.69) is 24.0 Å². The Morgan fingerprint density at radius 1 is 1.20 bits per heavy atom. The first-order valence-corrected chi connectivity index (χ1v) is 5.73. The molecular formula is C13H19NO. The SMILES string of the molecule is Cc1ccc(C(O)CN2CCCC2)cc1. The van der Waals surface area contributed by atoms with Gasteiger partial charge < -0.3 is 10.0 Å². The molecule has 2 rings (SSSR count). The van der Waals surface area contributed by atoms with Crippen LogP contribution in [0, 0.1) is 6.92 Å². The van der Waals surface area contributed by atoms with Crippen LogP contribution in [0.4, 0.5) is 0 Å². The van der Waals surface area contributed by atoms with Crippen molar-refractivity contribution in [1.29, 1.82) is 0 Å². The number of likely N-dealkylation sites (tertiary alicyclic amines) is 1. The van der Waals surface area contributed by atoms with E-state index < -0.39 is 0 Å². The van der Waals surface area contributed by atoms with Gasteiger partial charge in [0.2, 0.25) is 0 Å². The molecule has 15 heavy (non-hydrogen) atoms. The van der Waals surface area contributed by atoms with Gasteiger partial charge in [0.15, 0.2) is 0 Å². The van der Waals surface area contributed by atoms with Gasteiger partial charge >= 0.3 is 0 Å². The van der Waals surface area contributed by atoms with Gasteiger partial charge in [-0.15, -0.1) is 0 Å². The lowest BCUT2D eigenvalue weighted by Crippen LogP contribution is -2.25. The van der Waals surface area contributed by atoms with E-state index in [1.165, 1.54) is 18.4 Å². The Kier molecular flexibility index (Phi) is 3.39. The van der Waals surface area contributed by atoms with Gasteiger partial charge in [0.05, 0.1) is 6.10 Å². The molecule has 1 aliphatic heterocycles. The highest BCUT2D eigenvalue weighted by atomic mass is 16.3. The summed E-state index contributed by atoms with van der Waals surface area (Å²) in [6.45, 7) is 5.13. The zero-order valence-corrected chi connectivity index (χ0v) is 9.32. The summed E-state index contributed by atoms with van der Waals surface area (Å²) in [4.78, 5) is 2.34. The van der Waals surface area contributed by atoms with Gasteiger partial charge in [-0.05, 0) is 38.4 Å². The lowest BCUT2D eigenvalue weighted by Gasteiger charge is -2.19. The molecule has 1 unspecified atom stereocenters. The molecule has 0 radical (unpaired) electrons. The maximum Gasteiger partial charge on any atom is 0.0916 e. The molecule has 1 atom stereocenters. The van der Waals surface area contributed by atoms with Crippen molar-refractivity contribution < 1.29 is 5.11 Å². The summed E-state index contributed by atoms with van der Waals surface area (Å²) in [5.74, 6) is 0. The molecule has 1 saturated heterocycles. The molecule has 1 N–H and O–H groups in total. The smallest absolute Gasteiger partial charge is 0.0916 e. The number of aliphatic hydroxyl groups is 1. The molecule has 1 aromatic carbocycles. The first-order chi connectivity index (χ1) is 7.25. The Balaban J connectivity index is 1.94. The van der Waals surface area contributed by atoms with Crippen molar-refractivity contribution in [3.05, 3.63) is 35.4 Å². The summed E-state index contributed by atoms with van der Waals surface area (Å²) in [6, 6.07) is 8.16. The van der Waals surface area contributed by atoms with Gasteiger partial charge in [0.1, 0.15) is 0 Å². The molecule has 0 aromatic heterocycles. The van der Waals surface area contributed by atoms with E-state index in [1.807, 2.05) is 12.1 Å². The van der Waals surface area contributed by atoms with Crippen molar-refractivity contribution in [3.63, 3.8) is 0 Å². The third kappa shape index (κ3) is 2.80. The van der Waals surface area contributed by atoms with Crippen molar-refractivity contribution in [2.45, 2.75) is 25.9 Å². The van der Waals surface area contributed by atoms with Crippen molar-refractivity contribution in [1.82, 2.24) is 4.90 Å². The van der Waals surface area contributed by atoms with Gasteiger partial charge in [0.25, 0.3) is 0 Å². The largest absolute Gasteiger partial charge is 0.387 e. The average Bonchev–Trinajstić information content (AvgIpc) is 2.71. The Labute approximate surface area is 91.5 Å². The van der Waals surface area contributed by atoms with Gasteiger partial charge in [-0.2, -0.15) is 0 Å². The van der Waals surface area contributed by atoms with Crippen LogP contribution in [0.5, 0.6) is 0 Å². The molecule has 1 fully saturated rings. The van der Waals surface area contributed by atoms with Crippen LogP contribution in [0.2, 0.25) is 0 Å². The van der Waals surface area contributed by atoms with Gasteiger partial charge in [0, 0.05) is 6.54 Å². The van der Waals surface area contributed by atoms with E-state index in [4.69, 9.17) is 0 Å². The Hall–Kier alpha value is -0.860. The first kappa shape index (κ1) is 10.7. The van der Waals surface area contributed by atoms with Crippen LogP contribution < -0.4 is 0 Å². The van der Waals surface area contributed by atoms with Crippen molar-refractivity contribution in [3.8, 4) is 0 Å². The first-order valence-electron chi connectivity index (χ1n) is 5.73. The summed E-state index contributed by atoms with van der Waals surface area (Å²) in [5, 5.41) is 10.0. The standard InChI is InChI=1S/C13H19NO/c1-11-4-6-12(7-5-11)13(15)10-14-8-2-3-9-14/h4-7,13,15H,2-3,8-10H2,1H3. The summed E-state index contributed by atoms with van der Waals surface area (Å²) in [6.07, 6.45) is 2.23. The zero-order valence-electron chi connectivity index (χ0n) is 9.32. The lowest BCUT2D eigenvalue weighted by atomic mass is 10.1. The van der Waals surface area contributed by atoms with Crippen molar-refractivity contribution in [2.75, 3.05) is 19.6 Å². The van der Waals surface area contributed by atoms with Crippen LogP contribution in [-0.2, 0) is 0 Å². The summed E-state index contributed by atoms with van der Waals surface area (Å²) >= 11 is 0. The van der Waals surface area contributed by atoms with E-state index in [9.17, 15) is 5.11 Å². The molecular weight excluding hydrogens is 186 g/mol. The normalized spacial score (nSPS) is 19.3. The summed E-state index contributed by atoms with van der Waals surface area (Å²) in [7, 11) is 0. The molecule has 1 heterocycles. The van der Waals surface area contributed by atoms with E-state index in [0.717, 1.165) is 25.2 Å². The maximum atomic E-state index is 10.0. The van der Waals surface area contributed by atoms with Gasteiger partial charge in [-0.3, -0.25) is 0 Å². The predicted octanol–water partition coefficient (Wildman–Crippen LogP) is 2.12. The van der Waals surface area contributed by atoms with Crippen LogP contribution in [0.1, 0.15) is 30.1 Å². The third-order valence-corrected chi connectivity index (χ3v) is 3.09. The van der Waals surface area contributed by atoms with Crippen molar-refractivity contribution in [2.24, 2.45) is 0 Å². The highest BCUT2D eigenvalue weighted by molar-refractivity contribution is 5.23. The van der Waals surface area contributed by atoms with Crippen LogP contribution in [0.3, 0.4) is 0 Å². The molecule has 82 valence electrons. The van der Waals surface area contributed by atoms with Gasteiger partial charge in [-0.25, -0.2) is 0 Å². The molecule has 1 aromatic rings. The molecule has 2 nitrogen and oxygen atoms in total. The number of nitrogens with zero attached hydrogens (tertiary/aromatic N) is 1. The minimum absolute atomic E-state index is 0.330. The van der Waals surface area contributed by atoms with Crippen LogP contribution >= 0.6 is 0 Å². The highest BCUT2D eigenvalue weighted by Crippen LogP contribution is 2.17. The Morgan fingerprint density at radius 2 is 1.80 bits per heavy atom. The van der Waals surface area contributed by atoms with E-state index >= 15 is 0 Å². The lowest BCUT2D eigenvalue weighted by molar-refractivity contribution is 0.126. The number of aliphatic hydroxyl groups excluding tert-OH is 1. The fourth-order valence-corrected chi connectivity index (χ4v) is 2.10. The average molecular weight is 205 g/mol. The second kappa shape index (κ2) is 4.77. The zero-order chi connectivity index (χ0) is 10.7. The van der Waals surface area contributed by atoms with Crippen molar-refractivity contribution >= 4 is 0 Å². The minimum Gasteiger partial charge on any atom is -0.387 e. The highest BCUT2D eigenvalue weighted by Gasteiger charge is 2.16. The monoisotopic (exact) mass is 205 g/mol. The van der Waals surface area contributed by atoms with E-state index in [-0.39, 0.29) is 6.10 Å². The molecule has 1 aliphatic rings. The number of aryl methyl sites for hydroxylation is 1. The van der Waals surface area contributed by atoms with Crippen LogP contribution in [-0.4, -0.2) is 29.6 Å². The number of β-amino-alcohol motifs (C(OH)–C–C–N with tert-alkyl or cyclic N) is 1. The molecule has 0 saturated carbocycles. The molecule has 0 spiro atoms. The Bertz CT molecular complexity index is 301. The minimum atomic E-state index is -0.330. The van der Waals surface area contributed by atoms with Crippen LogP contribution in [0.15, 0.2) is 24.3 Å². The fraction of sp³-hybridized carbons (Fsp3) is 0.538. The number of benzene rings is 1. The molecule has 0 aliphatic carbocycles.